The van der Waals surface area contributed by atoms with Crippen molar-refractivity contribution in [2.45, 2.75) is 26.4 Å². The molecule has 0 amide bonds. The second kappa shape index (κ2) is 8.43. The van der Waals surface area contributed by atoms with E-state index in [1.165, 1.54) is 11.1 Å². The molecule has 3 heterocycles. The Labute approximate surface area is 198 Å². The molecule has 168 valence electrons. The zero-order chi connectivity index (χ0) is 23.1. The molecule has 2 N–H and O–H groups in total. The first-order valence-corrected chi connectivity index (χ1v) is 11.7. The van der Waals surface area contributed by atoms with E-state index in [2.05, 4.69) is 58.6 Å². The number of hydrogen-bond acceptors (Lipinski definition) is 5. The van der Waals surface area contributed by atoms with E-state index in [9.17, 15) is 0 Å². The third kappa shape index (κ3) is 3.74. The fraction of sp³-hybridized carbons (Fsp3) is 0.172. The molecule has 5 aromatic rings. The second-order valence-electron chi connectivity index (χ2n) is 8.99. The Morgan fingerprint density at radius 2 is 1.71 bits per heavy atom. The van der Waals surface area contributed by atoms with Crippen LogP contribution in [0.15, 0.2) is 83.4 Å². The molecule has 0 spiro atoms. The lowest BCUT2D eigenvalue weighted by atomic mass is 9.97. The third-order valence-corrected chi connectivity index (χ3v) is 6.71. The molecule has 1 aliphatic heterocycles. The number of nitrogen functional groups attached to an aromatic ring is 1. The zero-order valence-electron chi connectivity index (χ0n) is 19.2. The van der Waals surface area contributed by atoms with Crippen LogP contribution in [-0.4, -0.2) is 21.6 Å². The van der Waals surface area contributed by atoms with Gasteiger partial charge in [-0.05, 0) is 42.2 Å². The number of nitrogens with two attached hydrogens (primary N) is 1. The Kier molecular flexibility index (Phi) is 5.12. The Morgan fingerprint density at radius 1 is 0.912 bits per heavy atom. The number of para-hydroxylation sites is 1. The van der Waals surface area contributed by atoms with E-state index >= 15 is 0 Å². The average Bonchev–Trinajstić information content (AvgIpc) is 3.33. The quantitative estimate of drug-likeness (QED) is 0.366. The van der Waals surface area contributed by atoms with Gasteiger partial charge in [0.2, 0.25) is 0 Å². The lowest BCUT2D eigenvalue weighted by Crippen LogP contribution is -2.29. The minimum atomic E-state index is 0.752. The van der Waals surface area contributed by atoms with Crippen LogP contribution in [0.4, 0.5) is 5.69 Å². The van der Waals surface area contributed by atoms with Crippen molar-refractivity contribution in [1.82, 2.24) is 15.0 Å². The molecule has 5 nitrogen and oxygen atoms in total. The zero-order valence-corrected chi connectivity index (χ0v) is 19.2. The number of benzene rings is 3. The summed E-state index contributed by atoms with van der Waals surface area (Å²) >= 11 is 0. The molecule has 0 radical (unpaired) electrons. The van der Waals surface area contributed by atoms with Crippen LogP contribution in [0.3, 0.4) is 0 Å². The normalized spacial score (nSPS) is 13.8. The van der Waals surface area contributed by atoms with Crippen molar-refractivity contribution < 1.29 is 4.52 Å². The highest BCUT2D eigenvalue weighted by Crippen LogP contribution is 2.35. The fourth-order valence-corrected chi connectivity index (χ4v) is 5.00. The summed E-state index contributed by atoms with van der Waals surface area (Å²) in [6.45, 7) is 4.72. The largest absolute Gasteiger partial charge is 0.398 e. The summed E-state index contributed by atoms with van der Waals surface area (Å²) < 4.78 is 5.73. The molecule has 34 heavy (non-hydrogen) atoms. The van der Waals surface area contributed by atoms with E-state index < -0.39 is 0 Å². The summed E-state index contributed by atoms with van der Waals surface area (Å²) in [5.74, 6) is 0.878. The number of anilines is 1. The molecule has 0 atom stereocenters. The van der Waals surface area contributed by atoms with E-state index in [1.54, 1.807) is 0 Å². The van der Waals surface area contributed by atoms with E-state index in [4.69, 9.17) is 15.2 Å². The first-order chi connectivity index (χ1) is 16.7. The molecular formula is C29H26N4O. The highest BCUT2D eigenvalue weighted by Gasteiger charge is 2.18. The van der Waals surface area contributed by atoms with Crippen molar-refractivity contribution in [3.05, 3.63) is 101 Å². The van der Waals surface area contributed by atoms with Gasteiger partial charge in [0.05, 0.1) is 17.7 Å². The van der Waals surface area contributed by atoms with Gasteiger partial charge in [0, 0.05) is 41.4 Å². The van der Waals surface area contributed by atoms with Gasteiger partial charge in [0.1, 0.15) is 5.69 Å². The summed E-state index contributed by atoms with van der Waals surface area (Å²) in [6, 6.07) is 27.0. The van der Waals surface area contributed by atoms with Gasteiger partial charge in [-0.2, -0.15) is 0 Å². The van der Waals surface area contributed by atoms with Gasteiger partial charge in [0.15, 0.2) is 5.76 Å². The second-order valence-corrected chi connectivity index (χ2v) is 8.99. The Balaban J connectivity index is 1.27. The molecule has 0 unspecified atom stereocenters. The summed E-state index contributed by atoms with van der Waals surface area (Å²) in [4.78, 5) is 7.19. The minimum absolute atomic E-state index is 0.752. The molecule has 5 heteroatoms. The van der Waals surface area contributed by atoms with Gasteiger partial charge in [-0.15, -0.1) is 0 Å². The molecule has 0 saturated heterocycles. The maximum absolute atomic E-state index is 6.60. The number of rotatable bonds is 4. The Bertz CT molecular complexity index is 1500. The van der Waals surface area contributed by atoms with Crippen LogP contribution in [0, 0.1) is 6.92 Å². The monoisotopic (exact) mass is 446 g/mol. The van der Waals surface area contributed by atoms with E-state index in [0.717, 1.165) is 76.5 Å². The van der Waals surface area contributed by atoms with Crippen LogP contribution in [0.25, 0.3) is 33.3 Å². The number of aromatic nitrogens is 2. The summed E-state index contributed by atoms with van der Waals surface area (Å²) in [7, 11) is 0. The van der Waals surface area contributed by atoms with Crippen molar-refractivity contribution in [2.75, 3.05) is 12.3 Å². The maximum Gasteiger partial charge on any atom is 0.151 e. The molecule has 2 aromatic heterocycles. The predicted molar refractivity (Wildman–Crippen MR) is 136 cm³/mol. The van der Waals surface area contributed by atoms with Crippen molar-refractivity contribution in [2.24, 2.45) is 0 Å². The molecule has 0 fully saturated rings. The van der Waals surface area contributed by atoms with Crippen LogP contribution in [0.5, 0.6) is 0 Å². The van der Waals surface area contributed by atoms with Gasteiger partial charge in [-0.3, -0.25) is 9.88 Å². The summed E-state index contributed by atoms with van der Waals surface area (Å²) in [5.41, 5.74) is 15.9. The van der Waals surface area contributed by atoms with Crippen LogP contribution in [0.1, 0.15) is 22.6 Å². The highest BCUT2D eigenvalue weighted by molar-refractivity contribution is 5.99. The molecule has 0 aliphatic carbocycles. The molecule has 0 saturated carbocycles. The molecule has 1 aliphatic rings. The van der Waals surface area contributed by atoms with Crippen LogP contribution in [-0.2, 0) is 19.5 Å². The fourth-order valence-electron chi connectivity index (χ4n) is 5.00. The number of pyridine rings is 1. The average molecular weight is 447 g/mol. The number of aryl methyl sites for hydroxylation is 1. The van der Waals surface area contributed by atoms with Gasteiger partial charge in [-0.1, -0.05) is 65.8 Å². The lowest BCUT2D eigenvalue weighted by molar-refractivity contribution is 0.215. The Morgan fingerprint density at radius 3 is 2.62 bits per heavy atom. The van der Waals surface area contributed by atoms with Crippen LogP contribution >= 0.6 is 0 Å². The van der Waals surface area contributed by atoms with Gasteiger partial charge in [0.25, 0.3) is 0 Å². The topological polar surface area (TPSA) is 68.2 Å². The molecular weight excluding hydrogens is 420 g/mol. The predicted octanol–water partition coefficient (Wildman–Crippen LogP) is 6.01. The summed E-state index contributed by atoms with van der Waals surface area (Å²) in [6.07, 6.45) is 1.07. The number of nitrogens with zero attached hydrogens (tertiary/aromatic N) is 3. The minimum Gasteiger partial charge on any atom is -0.398 e. The van der Waals surface area contributed by atoms with Gasteiger partial charge >= 0.3 is 0 Å². The van der Waals surface area contributed by atoms with E-state index in [-0.39, 0.29) is 0 Å². The van der Waals surface area contributed by atoms with E-state index in [1.807, 2.05) is 37.3 Å². The SMILES string of the molecule is Cc1nc2ccccc2c(N)c1-c1cccc(-c2cc(CN3CCc4ccccc4C3)on2)c1. The standard InChI is InChI=1S/C29H26N4O/c1-19-28(29(30)25-11-4-5-12-26(25)31-19)22-10-6-9-21(15-22)27-16-24(34-32-27)18-33-14-13-20-7-2-3-8-23(20)17-33/h2-12,15-16H,13-14,17-18H2,1H3,(H2,30,31). The molecule has 6 rings (SSSR count). The summed E-state index contributed by atoms with van der Waals surface area (Å²) in [5, 5.41) is 5.35. The van der Waals surface area contributed by atoms with Crippen molar-refractivity contribution in [3.63, 3.8) is 0 Å². The first kappa shape index (κ1) is 20.6. The highest BCUT2D eigenvalue weighted by atomic mass is 16.5. The van der Waals surface area contributed by atoms with Gasteiger partial charge in [-0.25, -0.2) is 0 Å². The van der Waals surface area contributed by atoms with Crippen molar-refractivity contribution in [3.8, 4) is 22.4 Å². The third-order valence-electron chi connectivity index (χ3n) is 6.71. The van der Waals surface area contributed by atoms with Crippen LogP contribution in [0.2, 0.25) is 0 Å². The van der Waals surface area contributed by atoms with Crippen LogP contribution < -0.4 is 5.73 Å². The smallest absolute Gasteiger partial charge is 0.151 e. The van der Waals surface area contributed by atoms with Crippen molar-refractivity contribution >= 4 is 16.6 Å². The molecule has 0 bridgehead atoms. The number of hydrogen-bond donors (Lipinski definition) is 1. The maximum atomic E-state index is 6.60. The Hall–Kier alpha value is -3.96. The number of fused-ring (bicyclic) bond motifs is 2. The van der Waals surface area contributed by atoms with Crippen molar-refractivity contribution in [1.29, 1.82) is 0 Å². The lowest BCUT2D eigenvalue weighted by Gasteiger charge is -2.27. The molecule has 3 aromatic carbocycles. The first-order valence-electron chi connectivity index (χ1n) is 11.7. The van der Waals surface area contributed by atoms with E-state index in [0.29, 0.717) is 0 Å². The van der Waals surface area contributed by atoms with Gasteiger partial charge < -0.3 is 10.3 Å².